The Bertz CT molecular complexity index is 372. The van der Waals surface area contributed by atoms with Gasteiger partial charge in [-0.25, -0.2) is 4.79 Å². The summed E-state index contributed by atoms with van der Waals surface area (Å²) in [5, 5.41) is 0. The molecular weight excluding hydrogens is 238 g/mol. The zero-order chi connectivity index (χ0) is 14.3. The van der Waals surface area contributed by atoms with Gasteiger partial charge in [0.25, 0.3) is 0 Å². The van der Waals surface area contributed by atoms with Gasteiger partial charge >= 0.3 is 6.09 Å². The molecule has 0 N–H and O–H groups in total. The fourth-order valence-electron chi connectivity index (χ4n) is 2.14. The van der Waals surface area contributed by atoms with Crippen molar-refractivity contribution in [2.75, 3.05) is 6.54 Å². The Hall–Kier alpha value is -1.51. The second-order valence-electron chi connectivity index (χ2n) is 5.20. The zero-order valence-electron chi connectivity index (χ0n) is 12.4. The number of carbonyl (C=O) groups is 1. The standard InChI is InChI=1S/C16H25NO2/c1-5-14(6-2)17(12-13(3)4)16(18)19-15-10-8-7-9-11-15/h7-11,13-14H,5-6,12H2,1-4H3. The van der Waals surface area contributed by atoms with Gasteiger partial charge in [0.15, 0.2) is 0 Å². The van der Waals surface area contributed by atoms with Gasteiger partial charge in [0.1, 0.15) is 5.75 Å². The highest BCUT2D eigenvalue weighted by Crippen LogP contribution is 2.16. The van der Waals surface area contributed by atoms with Crippen LogP contribution in [0.25, 0.3) is 0 Å². The Morgan fingerprint density at radius 3 is 2.21 bits per heavy atom. The molecule has 0 aliphatic heterocycles. The van der Waals surface area contributed by atoms with Gasteiger partial charge in [0.2, 0.25) is 0 Å². The lowest BCUT2D eigenvalue weighted by atomic mass is 10.1. The molecule has 1 aromatic rings. The molecule has 3 heteroatoms. The van der Waals surface area contributed by atoms with E-state index in [1.54, 1.807) is 12.1 Å². The molecule has 0 spiro atoms. The normalized spacial score (nSPS) is 10.8. The summed E-state index contributed by atoms with van der Waals surface area (Å²) in [5.41, 5.74) is 0. The third-order valence-corrected chi connectivity index (χ3v) is 3.13. The van der Waals surface area contributed by atoms with E-state index in [2.05, 4.69) is 27.7 Å². The van der Waals surface area contributed by atoms with Crippen molar-refractivity contribution < 1.29 is 9.53 Å². The summed E-state index contributed by atoms with van der Waals surface area (Å²) in [6.45, 7) is 9.18. The molecule has 0 bridgehead atoms. The van der Waals surface area contributed by atoms with E-state index in [0.717, 1.165) is 19.4 Å². The Morgan fingerprint density at radius 2 is 1.74 bits per heavy atom. The average Bonchev–Trinajstić information content (AvgIpc) is 2.39. The third kappa shape index (κ3) is 4.93. The van der Waals surface area contributed by atoms with Crippen LogP contribution >= 0.6 is 0 Å². The summed E-state index contributed by atoms with van der Waals surface area (Å²) in [5.74, 6) is 1.04. The van der Waals surface area contributed by atoms with Crippen LogP contribution in [-0.4, -0.2) is 23.6 Å². The lowest BCUT2D eigenvalue weighted by molar-refractivity contribution is 0.120. The molecule has 19 heavy (non-hydrogen) atoms. The summed E-state index contributed by atoms with van der Waals surface area (Å²) in [4.78, 5) is 14.2. The molecule has 0 atom stereocenters. The van der Waals surface area contributed by atoms with Crippen LogP contribution in [0.4, 0.5) is 4.79 Å². The topological polar surface area (TPSA) is 29.5 Å². The number of carbonyl (C=O) groups excluding carboxylic acids is 1. The lowest BCUT2D eigenvalue weighted by Gasteiger charge is -2.31. The van der Waals surface area contributed by atoms with Crippen LogP contribution in [0.3, 0.4) is 0 Å². The maximum absolute atomic E-state index is 12.3. The fraction of sp³-hybridized carbons (Fsp3) is 0.562. The maximum atomic E-state index is 12.3. The summed E-state index contributed by atoms with van der Waals surface area (Å²) < 4.78 is 5.45. The summed E-state index contributed by atoms with van der Waals surface area (Å²) >= 11 is 0. The van der Waals surface area contributed by atoms with Crippen molar-refractivity contribution in [3.8, 4) is 5.75 Å². The molecule has 0 aliphatic carbocycles. The van der Waals surface area contributed by atoms with E-state index in [4.69, 9.17) is 4.74 Å². The van der Waals surface area contributed by atoms with Gasteiger partial charge in [-0.15, -0.1) is 0 Å². The van der Waals surface area contributed by atoms with Gasteiger partial charge in [0.05, 0.1) is 0 Å². The smallest absolute Gasteiger partial charge is 0.410 e. The number of para-hydroxylation sites is 1. The molecule has 0 fully saturated rings. The van der Waals surface area contributed by atoms with Crippen molar-refractivity contribution >= 4 is 6.09 Å². The molecular formula is C16H25NO2. The Morgan fingerprint density at radius 1 is 1.16 bits per heavy atom. The minimum atomic E-state index is -0.242. The highest BCUT2D eigenvalue weighted by Gasteiger charge is 2.23. The van der Waals surface area contributed by atoms with Crippen molar-refractivity contribution in [3.05, 3.63) is 30.3 Å². The minimum Gasteiger partial charge on any atom is -0.410 e. The molecule has 0 unspecified atom stereocenters. The quantitative estimate of drug-likeness (QED) is 0.764. The molecule has 1 aromatic carbocycles. The predicted octanol–water partition coefficient (Wildman–Crippen LogP) is 4.33. The SMILES string of the molecule is CCC(CC)N(CC(C)C)C(=O)Oc1ccccc1. The first kappa shape index (κ1) is 15.5. The van der Waals surface area contributed by atoms with Crippen LogP contribution < -0.4 is 4.74 Å². The van der Waals surface area contributed by atoms with Crippen LogP contribution in [0, 0.1) is 5.92 Å². The van der Waals surface area contributed by atoms with E-state index < -0.39 is 0 Å². The molecule has 0 heterocycles. The van der Waals surface area contributed by atoms with E-state index in [-0.39, 0.29) is 12.1 Å². The molecule has 1 amide bonds. The maximum Gasteiger partial charge on any atom is 0.415 e. The number of hydrogen-bond donors (Lipinski definition) is 0. The first-order valence-electron chi connectivity index (χ1n) is 7.11. The highest BCUT2D eigenvalue weighted by molar-refractivity contribution is 5.71. The number of amides is 1. The Kier molecular flexibility index (Phi) is 6.40. The van der Waals surface area contributed by atoms with E-state index in [1.165, 1.54) is 0 Å². The van der Waals surface area contributed by atoms with Gasteiger partial charge in [-0.05, 0) is 30.9 Å². The highest BCUT2D eigenvalue weighted by atomic mass is 16.6. The summed E-state index contributed by atoms with van der Waals surface area (Å²) in [7, 11) is 0. The lowest BCUT2D eigenvalue weighted by Crippen LogP contribution is -2.43. The molecule has 1 rings (SSSR count). The van der Waals surface area contributed by atoms with Crippen LogP contribution in [0.15, 0.2) is 30.3 Å². The largest absolute Gasteiger partial charge is 0.415 e. The van der Waals surface area contributed by atoms with Gasteiger partial charge in [-0.3, -0.25) is 0 Å². The van der Waals surface area contributed by atoms with Gasteiger partial charge in [-0.1, -0.05) is 45.9 Å². The second-order valence-corrected chi connectivity index (χ2v) is 5.20. The van der Waals surface area contributed by atoms with E-state index in [1.807, 2.05) is 23.1 Å². The van der Waals surface area contributed by atoms with Crippen molar-refractivity contribution in [1.82, 2.24) is 4.90 Å². The van der Waals surface area contributed by atoms with Crippen LogP contribution in [-0.2, 0) is 0 Å². The summed E-state index contributed by atoms with van der Waals surface area (Å²) in [6.07, 6.45) is 1.66. The second kappa shape index (κ2) is 7.82. The molecule has 0 aliphatic rings. The Balaban J connectivity index is 2.76. The zero-order valence-corrected chi connectivity index (χ0v) is 12.4. The number of benzene rings is 1. The Labute approximate surface area is 116 Å². The van der Waals surface area contributed by atoms with Crippen molar-refractivity contribution in [1.29, 1.82) is 0 Å². The monoisotopic (exact) mass is 263 g/mol. The van der Waals surface area contributed by atoms with Crippen molar-refractivity contribution in [3.63, 3.8) is 0 Å². The first-order valence-corrected chi connectivity index (χ1v) is 7.11. The van der Waals surface area contributed by atoms with Crippen LogP contribution in [0.5, 0.6) is 5.75 Å². The van der Waals surface area contributed by atoms with Crippen molar-refractivity contribution in [2.45, 2.75) is 46.6 Å². The van der Waals surface area contributed by atoms with Gasteiger partial charge in [-0.2, -0.15) is 0 Å². The first-order chi connectivity index (χ1) is 9.08. The van der Waals surface area contributed by atoms with Gasteiger partial charge < -0.3 is 9.64 Å². The number of ether oxygens (including phenoxy) is 1. The van der Waals surface area contributed by atoms with Crippen LogP contribution in [0.1, 0.15) is 40.5 Å². The summed E-state index contributed by atoms with van der Waals surface area (Å²) in [6, 6.07) is 9.50. The van der Waals surface area contributed by atoms with Gasteiger partial charge in [0, 0.05) is 12.6 Å². The number of hydrogen-bond acceptors (Lipinski definition) is 2. The van der Waals surface area contributed by atoms with E-state index in [0.29, 0.717) is 11.7 Å². The van der Waals surface area contributed by atoms with Crippen molar-refractivity contribution in [2.24, 2.45) is 5.92 Å². The average molecular weight is 263 g/mol. The molecule has 0 aromatic heterocycles. The third-order valence-electron chi connectivity index (χ3n) is 3.13. The molecule has 0 saturated heterocycles. The van der Waals surface area contributed by atoms with E-state index in [9.17, 15) is 4.79 Å². The molecule has 3 nitrogen and oxygen atoms in total. The van der Waals surface area contributed by atoms with E-state index >= 15 is 0 Å². The fourth-order valence-corrected chi connectivity index (χ4v) is 2.14. The molecule has 0 saturated carbocycles. The number of nitrogens with zero attached hydrogens (tertiary/aromatic N) is 1. The number of rotatable bonds is 6. The minimum absolute atomic E-state index is 0.242. The molecule has 0 radical (unpaired) electrons. The predicted molar refractivity (Wildman–Crippen MR) is 78.4 cm³/mol. The molecule has 106 valence electrons. The van der Waals surface area contributed by atoms with Crippen LogP contribution in [0.2, 0.25) is 0 Å².